The average Bonchev–Trinajstić information content (AvgIpc) is 3.23. The van der Waals surface area contributed by atoms with E-state index in [1.54, 1.807) is 37.7 Å². The Hall–Kier alpha value is -3.39. The van der Waals surface area contributed by atoms with Gasteiger partial charge in [0, 0.05) is 28.7 Å². The summed E-state index contributed by atoms with van der Waals surface area (Å²) < 4.78 is 10.9. The molecule has 1 amide bonds. The fourth-order valence-electron chi connectivity index (χ4n) is 3.62. The van der Waals surface area contributed by atoms with Crippen molar-refractivity contribution in [3.63, 3.8) is 0 Å². The van der Waals surface area contributed by atoms with Crippen LogP contribution in [0, 0.1) is 20.8 Å². The first kappa shape index (κ1) is 26.9. The van der Waals surface area contributed by atoms with Crippen LogP contribution in [-0.2, 0) is 17.8 Å². The van der Waals surface area contributed by atoms with Gasteiger partial charge in [0.2, 0.25) is 0 Å². The third kappa shape index (κ3) is 7.59. The van der Waals surface area contributed by atoms with E-state index in [1.165, 1.54) is 11.1 Å². The van der Waals surface area contributed by atoms with Gasteiger partial charge >= 0.3 is 0 Å². The largest absolute Gasteiger partial charge is 0.496 e. The molecule has 0 saturated heterocycles. The van der Waals surface area contributed by atoms with Gasteiger partial charge in [-0.05, 0) is 51.3 Å². The van der Waals surface area contributed by atoms with E-state index in [0.717, 1.165) is 29.1 Å². The minimum atomic E-state index is -0.250. The van der Waals surface area contributed by atoms with Crippen molar-refractivity contribution in [1.29, 1.82) is 0 Å². The predicted octanol–water partition coefficient (Wildman–Crippen LogP) is 5.06. The van der Waals surface area contributed by atoms with Crippen LogP contribution in [0.2, 0.25) is 0 Å². The Morgan fingerprint density at radius 1 is 1.12 bits per heavy atom. The second-order valence-corrected chi connectivity index (χ2v) is 8.76. The minimum absolute atomic E-state index is 0.0475. The second kappa shape index (κ2) is 13.3. The van der Waals surface area contributed by atoms with E-state index in [0.29, 0.717) is 30.2 Å². The first-order chi connectivity index (χ1) is 16.3. The lowest BCUT2D eigenvalue weighted by Gasteiger charge is -2.23. The molecule has 0 radical (unpaired) electrons. The molecule has 0 fully saturated rings. The van der Waals surface area contributed by atoms with Gasteiger partial charge in [-0.3, -0.25) is 9.59 Å². The highest BCUT2D eigenvalue weighted by molar-refractivity contribution is 7.09. The van der Waals surface area contributed by atoms with E-state index in [9.17, 15) is 4.79 Å². The van der Waals surface area contributed by atoms with E-state index in [2.05, 4.69) is 36.2 Å². The number of hydrogen-bond donors (Lipinski definition) is 1. The van der Waals surface area contributed by atoms with Gasteiger partial charge < -0.3 is 19.5 Å². The molecular formula is C26H32N2O5S. The molecule has 0 bridgehead atoms. The summed E-state index contributed by atoms with van der Waals surface area (Å²) in [6.07, 6.45) is 1.79. The average molecular weight is 485 g/mol. The van der Waals surface area contributed by atoms with Crippen molar-refractivity contribution in [2.75, 3.05) is 20.8 Å². The molecular weight excluding hydrogens is 452 g/mol. The Bertz CT molecular complexity index is 1070. The zero-order valence-electron chi connectivity index (χ0n) is 20.3. The zero-order valence-corrected chi connectivity index (χ0v) is 21.1. The number of rotatable bonds is 9. The van der Waals surface area contributed by atoms with Gasteiger partial charge in [-0.1, -0.05) is 29.8 Å². The van der Waals surface area contributed by atoms with Gasteiger partial charge in [-0.2, -0.15) is 0 Å². The number of carboxylic acid groups (broad SMARTS) is 1. The van der Waals surface area contributed by atoms with Crippen LogP contribution in [0.15, 0.2) is 41.8 Å². The summed E-state index contributed by atoms with van der Waals surface area (Å²) in [5.74, 6) is 1.24. The summed E-state index contributed by atoms with van der Waals surface area (Å²) in [7, 11) is 3.21. The Morgan fingerprint density at radius 3 is 2.29 bits per heavy atom. The van der Waals surface area contributed by atoms with Gasteiger partial charge in [-0.25, -0.2) is 4.98 Å². The zero-order chi connectivity index (χ0) is 25.1. The lowest BCUT2D eigenvalue weighted by molar-refractivity contribution is -0.122. The summed E-state index contributed by atoms with van der Waals surface area (Å²) in [4.78, 5) is 28.3. The number of nitrogens with zero attached hydrogens (tertiary/aromatic N) is 2. The molecule has 1 N–H and O–H groups in total. The Morgan fingerprint density at radius 2 is 1.76 bits per heavy atom. The smallest absolute Gasteiger partial charge is 0.290 e. The molecule has 3 aromatic rings. The van der Waals surface area contributed by atoms with Crippen molar-refractivity contribution < 1.29 is 24.2 Å². The molecule has 34 heavy (non-hydrogen) atoms. The quantitative estimate of drug-likeness (QED) is 0.427. The van der Waals surface area contributed by atoms with Crippen LogP contribution < -0.4 is 9.47 Å². The molecule has 0 spiro atoms. The molecule has 0 aliphatic rings. The molecule has 182 valence electrons. The van der Waals surface area contributed by atoms with Crippen LogP contribution in [0.25, 0.3) is 0 Å². The summed E-state index contributed by atoms with van der Waals surface area (Å²) in [5, 5.41) is 9.84. The van der Waals surface area contributed by atoms with Crippen LogP contribution in [0.3, 0.4) is 0 Å². The SMILES string of the molecule is COc1cc(C(=O)N(CCCc2cccc(C)c2)Cc2nc(C)cs2)cc(OC)c1C.O=CO. The third-order valence-electron chi connectivity index (χ3n) is 5.26. The van der Waals surface area contributed by atoms with Crippen LogP contribution in [0.1, 0.15) is 44.2 Å². The maximum absolute atomic E-state index is 13.5. The fraction of sp³-hybridized carbons (Fsp3) is 0.346. The first-order valence-corrected chi connectivity index (χ1v) is 11.8. The highest BCUT2D eigenvalue weighted by atomic mass is 32.1. The van der Waals surface area contributed by atoms with Gasteiger partial charge in [0.05, 0.1) is 20.8 Å². The number of amides is 1. The molecule has 0 unspecified atom stereocenters. The molecule has 0 atom stereocenters. The maximum atomic E-state index is 13.5. The monoisotopic (exact) mass is 484 g/mol. The van der Waals surface area contributed by atoms with Crippen molar-refractivity contribution in [2.45, 2.75) is 40.2 Å². The summed E-state index contributed by atoms with van der Waals surface area (Å²) >= 11 is 1.59. The maximum Gasteiger partial charge on any atom is 0.290 e. The van der Waals surface area contributed by atoms with E-state index >= 15 is 0 Å². The normalized spacial score (nSPS) is 10.1. The summed E-state index contributed by atoms with van der Waals surface area (Å²) in [6, 6.07) is 12.1. The van der Waals surface area contributed by atoms with Crippen LogP contribution in [-0.4, -0.2) is 48.1 Å². The molecule has 7 nitrogen and oxygen atoms in total. The van der Waals surface area contributed by atoms with Crippen molar-refractivity contribution >= 4 is 23.7 Å². The number of ether oxygens (including phenoxy) is 2. The molecule has 0 saturated carbocycles. The number of aromatic nitrogens is 1. The Labute approximate surface area is 205 Å². The minimum Gasteiger partial charge on any atom is -0.496 e. The van der Waals surface area contributed by atoms with Gasteiger partial charge in [0.1, 0.15) is 16.5 Å². The highest BCUT2D eigenvalue weighted by Gasteiger charge is 2.20. The van der Waals surface area contributed by atoms with Crippen molar-refractivity contribution in [3.8, 4) is 11.5 Å². The predicted molar refractivity (Wildman–Crippen MR) is 134 cm³/mol. The molecule has 1 heterocycles. The standard InChI is InChI=1S/C25H30N2O3S.CH2O2/c1-17-8-6-9-20(12-17)10-7-11-27(15-24-26-18(2)16-31-24)25(28)21-13-22(29-4)19(3)23(14-21)30-5;2-1-3/h6,8-9,12-14,16H,7,10-11,15H2,1-5H3;1H,(H,2,3). The topological polar surface area (TPSA) is 89.0 Å². The number of aryl methyl sites for hydroxylation is 3. The number of carbonyl (C=O) groups is 2. The Balaban J connectivity index is 0.00000129. The molecule has 2 aromatic carbocycles. The van der Waals surface area contributed by atoms with Gasteiger partial charge in [0.25, 0.3) is 12.4 Å². The van der Waals surface area contributed by atoms with Crippen LogP contribution in [0.4, 0.5) is 0 Å². The van der Waals surface area contributed by atoms with E-state index in [-0.39, 0.29) is 12.4 Å². The lowest BCUT2D eigenvalue weighted by Crippen LogP contribution is -2.32. The fourth-order valence-corrected chi connectivity index (χ4v) is 4.41. The third-order valence-corrected chi connectivity index (χ3v) is 6.21. The van der Waals surface area contributed by atoms with Gasteiger partial charge in [0.15, 0.2) is 0 Å². The van der Waals surface area contributed by atoms with Gasteiger partial charge in [-0.15, -0.1) is 11.3 Å². The highest BCUT2D eigenvalue weighted by Crippen LogP contribution is 2.30. The molecule has 3 rings (SSSR count). The van der Waals surface area contributed by atoms with E-state index < -0.39 is 0 Å². The van der Waals surface area contributed by atoms with Crippen molar-refractivity contribution in [2.24, 2.45) is 0 Å². The molecule has 0 aliphatic heterocycles. The lowest BCUT2D eigenvalue weighted by atomic mass is 10.1. The number of hydrogen-bond acceptors (Lipinski definition) is 6. The molecule has 0 aliphatic carbocycles. The molecule has 8 heteroatoms. The van der Waals surface area contributed by atoms with E-state index in [1.807, 2.05) is 24.1 Å². The van der Waals surface area contributed by atoms with E-state index in [4.69, 9.17) is 19.4 Å². The summed E-state index contributed by atoms with van der Waals surface area (Å²) in [5.41, 5.74) is 4.95. The summed E-state index contributed by atoms with van der Waals surface area (Å²) in [6.45, 7) is 6.87. The van der Waals surface area contributed by atoms with Crippen molar-refractivity contribution in [3.05, 3.63) is 74.7 Å². The number of methoxy groups -OCH3 is 2. The first-order valence-electron chi connectivity index (χ1n) is 10.9. The van der Waals surface area contributed by atoms with Crippen molar-refractivity contribution in [1.82, 2.24) is 9.88 Å². The van der Waals surface area contributed by atoms with Crippen LogP contribution >= 0.6 is 11.3 Å². The molecule has 1 aromatic heterocycles. The number of carbonyl (C=O) groups excluding carboxylic acids is 1. The second-order valence-electron chi connectivity index (χ2n) is 7.81. The Kier molecular flexibility index (Phi) is 10.5. The number of benzene rings is 2. The van der Waals surface area contributed by atoms with Crippen LogP contribution in [0.5, 0.6) is 11.5 Å². The number of thiazole rings is 1.